The standard InChI is InChI=1S/C24H21F3N4O3/c1-33-20-8-3-14(11-21(20)34-2)9-10-28-24(32)17-13-29-31-19(22(26)27)12-18(30-23(17)31)15-4-6-16(25)7-5-15/h3-8,11-13,22H,9-10H2,1-2H3,(H,28,32). The molecule has 0 fully saturated rings. The molecule has 1 amide bonds. The second-order valence-electron chi connectivity index (χ2n) is 7.36. The number of fused-ring (bicyclic) bond motifs is 1. The molecule has 176 valence electrons. The zero-order valence-corrected chi connectivity index (χ0v) is 18.4. The van der Waals surface area contributed by atoms with Gasteiger partial charge in [-0.05, 0) is 54.4 Å². The largest absolute Gasteiger partial charge is 0.493 e. The first kappa shape index (κ1) is 23.1. The lowest BCUT2D eigenvalue weighted by atomic mass is 10.1. The molecule has 0 unspecified atom stereocenters. The van der Waals surface area contributed by atoms with Crippen LogP contribution in [0.5, 0.6) is 11.5 Å². The van der Waals surface area contributed by atoms with E-state index in [9.17, 15) is 18.0 Å². The Kier molecular flexibility index (Phi) is 6.67. The van der Waals surface area contributed by atoms with E-state index in [1.165, 1.54) is 43.6 Å². The van der Waals surface area contributed by atoms with E-state index in [1.54, 1.807) is 13.2 Å². The maximum atomic E-state index is 13.7. The topological polar surface area (TPSA) is 77.8 Å². The highest BCUT2D eigenvalue weighted by molar-refractivity contribution is 5.99. The Morgan fingerprint density at radius 1 is 1.06 bits per heavy atom. The van der Waals surface area contributed by atoms with E-state index < -0.39 is 23.8 Å². The van der Waals surface area contributed by atoms with Crippen molar-refractivity contribution in [3.05, 3.63) is 77.4 Å². The number of benzene rings is 2. The minimum Gasteiger partial charge on any atom is -0.493 e. The van der Waals surface area contributed by atoms with Gasteiger partial charge in [-0.3, -0.25) is 4.79 Å². The highest BCUT2D eigenvalue weighted by Gasteiger charge is 2.21. The Morgan fingerprint density at radius 2 is 1.79 bits per heavy atom. The fourth-order valence-corrected chi connectivity index (χ4v) is 3.52. The van der Waals surface area contributed by atoms with Crippen LogP contribution in [-0.4, -0.2) is 41.3 Å². The molecule has 10 heteroatoms. The van der Waals surface area contributed by atoms with Crippen LogP contribution in [-0.2, 0) is 6.42 Å². The first-order chi connectivity index (χ1) is 16.4. The van der Waals surface area contributed by atoms with E-state index in [1.807, 2.05) is 12.1 Å². The number of nitrogens with one attached hydrogen (secondary N) is 1. The van der Waals surface area contributed by atoms with Crippen LogP contribution in [0, 0.1) is 5.82 Å². The Balaban J connectivity index is 1.57. The van der Waals surface area contributed by atoms with E-state index >= 15 is 0 Å². The van der Waals surface area contributed by atoms with Gasteiger partial charge in [0, 0.05) is 12.1 Å². The fraction of sp³-hybridized carbons (Fsp3) is 0.208. The third kappa shape index (κ3) is 4.66. The molecule has 2 aromatic carbocycles. The maximum Gasteiger partial charge on any atom is 0.280 e. The van der Waals surface area contributed by atoms with Gasteiger partial charge in [0.15, 0.2) is 17.1 Å². The lowest BCUT2D eigenvalue weighted by Crippen LogP contribution is -2.25. The quantitative estimate of drug-likeness (QED) is 0.411. The summed E-state index contributed by atoms with van der Waals surface area (Å²) in [7, 11) is 3.08. The van der Waals surface area contributed by atoms with E-state index in [2.05, 4.69) is 15.4 Å². The summed E-state index contributed by atoms with van der Waals surface area (Å²) in [4.78, 5) is 17.2. The summed E-state index contributed by atoms with van der Waals surface area (Å²) in [6, 6.07) is 11.9. The summed E-state index contributed by atoms with van der Waals surface area (Å²) in [5.41, 5.74) is 1.15. The first-order valence-corrected chi connectivity index (χ1v) is 10.3. The summed E-state index contributed by atoms with van der Waals surface area (Å²) in [5.74, 6) is 0.211. The van der Waals surface area contributed by atoms with Gasteiger partial charge in [0.1, 0.15) is 17.1 Å². The number of halogens is 3. The molecule has 0 saturated carbocycles. The number of carbonyl (C=O) groups excluding carboxylic acids is 1. The van der Waals surface area contributed by atoms with Gasteiger partial charge < -0.3 is 14.8 Å². The Labute approximate surface area is 193 Å². The molecule has 0 radical (unpaired) electrons. The molecule has 7 nitrogen and oxygen atoms in total. The van der Waals surface area contributed by atoms with Gasteiger partial charge in [-0.2, -0.15) is 5.10 Å². The number of nitrogens with zero attached hydrogens (tertiary/aromatic N) is 3. The monoisotopic (exact) mass is 470 g/mol. The molecule has 0 spiro atoms. The lowest BCUT2D eigenvalue weighted by molar-refractivity contribution is 0.0955. The molecule has 4 aromatic rings. The van der Waals surface area contributed by atoms with Crippen LogP contribution in [0.1, 0.15) is 28.0 Å². The van der Waals surface area contributed by atoms with Crippen LogP contribution in [0.4, 0.5) is 13.2 Å². The SMILES string of the molecule is COc1ccc(CCNC(=O)c2cnn3c(C(F)F)cc(-c4ccc(F)cc4)nc23)cc1OC. The zero-order chi connectivity index (χ0) is 24.2. The summed E-state index contributed by atoms with van der Waals surface area (Å²) in [6.45, 7) is 0.283. The number of alkyl halides is 2. The number of hydrogen-bond acceptors (Lipinski definition) is 5. The van der Waals surface area contributed by atoms with Crippen molar-refractivity contribution in [2.75, 3.05) is 20.8 Å². The van der Waals surface area contributed by atoms with Crippen LogP contribution in [0.2, 0.25) is 0 Å². The van der Waals surface area contributed by atoms with Gasteiger partial charge in [0.2, 0.25) is 0 Å². The van der Waals surface area contributed by atoms with Gasteiger partial charge in [-0.15, -0.1) is 0 Å². The number of aromatic nitrogens is 3. The van der Waals surface area contributed by atoms with Crippen molar-refractivity contribution in [2.45, 2.75) is 12.8 Å². The van der Waals surface area contributed by atoms with E-state index in [4.69, 9.17) is 9.47 Å². The number of rotatable bonds is 8. The maximum absolute atomic E-state index is 13.7. The number of amides is 1. The summed E-state index contributed by atoms with van der Waals surface area (Å²) in [5, 5.41) is 6.71. The van der Waals surface area contributed by atoms with Crippen molar-refractivity contribution < 1.29 is 27.4 Å². The molecule has 0 aliphatic heterocycles. The highest BCUT2D eigenvalue weighted by atomic mass is 19.3. The van der Waals surface area contributed by atoms with Crippen molar-refractivity contribution in [3.63, 3.8) is 0 Å². The van der Waals surface area contributed by atoms with Gasteiger partial charge in [-0.1, -0.05) is 6.07 Å². The Bertz CT molecular complexity index is 1320. The third-order valence-corrected chi connectivity index (χ3v) is 5.25. The van der Waals surface area contributed by atoms with Crippen molar-refractivity contribution in [1.82, 2.24) is 19.9 Å². The lowest BCUT2D eigenvalue weighted by Gasteiger charge is -2.10. The zero-order valence-electron chi connectivity index (χ0n) is 18.4. The van der Waals surface area contributed by atoms with Crippen LogP contribution in [0.25, 0.3) is 16.9 Å². The molecule has 1 N–H and O–H groups in total. The number of ether oxygens (including phenoxy) is 2. The molecule has 4 rings (SSSR count). The van der Waals surface area contributed by atoms with Crippen molar-refractivity contribution in [1.29, 1.82) is 0 Å². The van der Waals surface area contributed by atoms with Crippen LogP contribution >= 0.6 is 0 Å². The van der Waals surface area contributed by atoms with E-state index in [-0.39, 0.29) is 23.4 Å². The number of carbonyl (C=O) groups is 1. The van der Waals surface area contributed by atoms with Gasteiger partial charge >= 0.3 is 0 Å². The molecular weight excluding hydrogens is 449 g/mol. The average molecular weight is 470 g/mol. The Morgan fingerprint density at radius 3 is 2.47 bits per heavy atom. The van der Waals surface area contributed by atoms with Crippen molar-refractivity contribution in [3.8, 4) is 22.8 Å². The minimum atomic E-state index is -2.86. The smallest absolute Gasteiger partial charge is 0.280 e. The molecule has 0 atom stereocenters. The van der Waals surface area contributed by atoms with Gasteiger partial charge in [0.05, 0.1) is 26.1 Å². The fourth-order valence-electron chi connectivity index (χ4n) is 3.52. The summed E-state index contributed by atoms with van der Waals surface area (Å²) in [6.07, 6.45) is -1.15. The molecule has 2 heterocycles. The summed E-state index contributed by atoms with van der Waals surface area (Å²) < 4.78 is 52.1. The normalized spacial score (nSPS) is 11.1. The average Bonchev–Trinajstić information content (AvgIpc) is 3.27. The predicted molar refractivity (Wildman–Crippen MR) is 119 cm³/mol. The first-order valence-electron chi connectivity index (χ1n) is 10.3. The predicted octanol–water partition coefficient (Wildman–Crippen LogP) is 4.46. The van der Waals surface area contributed by atoms with Gasteiger partial charge in [-0.25, -0.2) is 22.7 Å². The van der Waals surface area contributed by atoms with Crippen molar-refractivity contribution in [2.24, 2.45) is 0 Å². The molecule has 0 aliphatic carbocycles. The van der Waals surface area contributed by atoms with E-state index in [0.717, 1.165) is 10.1 Å². The van der Waals surface area contributed by atoms with Crippen LogP contribution in [0.3, 0.4) is 0 Å². The minimum absolute atomic E-state index is 0.0132. The molecular formula is C24H21F3N4O3. The number of methoxy groups -OCH3 is 2. The van der Waals surface area contributed by atoms with Gasteiger partial charge in [0.25, 0.3) is 12.3 Å². The highest BCUT2D eigenvalue weighted by Crippen LogP contribution is 2.28. The Hall–Kier alpha value is -4.08. The number of hydrogen-bond donors (Lipinski definition) is 1. The van der Waals surface area contributed by atoms with E-state index in [0.29, 0.717) is 23.5 Å². The second-order valence-corrected chi connectivity index (χ2v) is 7.36. The van der Waals surface area contributed by atoms with Crippen LogP contribution < -0.4 is 14.8 Å². The molecule has 0 aliphatic rings. The van der Waals surface area contributed by atoms with Crippen LogP contribution in [0.15, 0.2) is 54.7 Å². The summed E-state index contributed by atoms with van der Waals surface area (Å²) >= 11 is 0. The van der Waals surface area contributed by atoms with Crippen molar-refractivity contribution >= 4 is 11.6 Å². The second kappa shape index (κ2) is 9.82. The molecule has 0 bridgehead atoms. The molecule has 34 heavy (non-hydrogen) atoms. The third-order valence-electron chi connectivity index (χ3n) is 5.25. The molecule has 0 saturated heterocycles. The molecule has 2 aromatic heterocycles.